The lowest BCUT2D eigenvalue weighted by atomic mass is 9.72. The number of halogens is 3. The highest BCUT2D eigenvalue weighted by Gasteiger charge is 2.46. The van der Waals surface area contributed by atoms with E-state index in [0.29, 0.717) is 6.79 Å². The van der Waals surface area contributed by atoms with Crippen LogP contribution in [0.25, 0.3) is 5.69 Å². The number of carbonyl (C=O) groups excluding carboxylic acids is 1. The Hall–Kier alpha value is -4.06. The average molecular weight is 545 g/mol. The van der Waals surface area contributed by atoms with Gasteiger partial charge in [0.2, 0.25) is 6.79 Å². The zero-order chi connectivity index (χ0) is 27.8. The minimum absolute atomic E-state index is 0.0654. The van der Waals surface area contributed by atoms with E-state index in [4.69, 9.17) is 24.5 Å². The summed E-state index contributed by atoms with van der Waals surface area (Å²) < 4.78 is 44.6. The molecule has 1 aromatic heterocycles. The van der Waals surface area contributed by atoms with E-state index in [1.807, 2.05) is 59.2 Å². The summed E-state index contributed by atoms with van der Waals surface area (Å²) in [4.78, 5) is 26.2. The molecule has 0 radical (unpaired) electrons. The number of hydrogen-bond donors (Lipinski definition) is 1. The second-order valence-electron chi connectivity index (χ2n) is 9.88. The monoisotopic (exact) mass is 544 g/mol. The highest BCUT2D eigenvalue weighted by molar-refractivity contribution is 5.96. The van der Waals surface area contributed by atoms with Gasteiger partial charge in [0.05, 0.1) is 16.9 Å². The van der Waals surface area contributed by atoms with Crippen LogP contribution in [0.2, 0.25) is 0 Å². The fourth-order valence-electron chi connectivity index (χ4n) is 5.27. The van der Waals surface area contributed by atoms with Crippen molar-refractivity contribution in [3.63, 3.8) is 0 Å². The second-order valence-corrected chi connectivity index (χ2v) is 9.88. The molecule has 3 aliphatic rings. The average Bonchev–Trinajstić information content (AvgIpc) is 3.57. The Labute approximate surface area is 222 Å². The number of amides is 1. The lowest BCUT2D eigenvalue weighted by Gasteiger charge is -2.45. The van der Waals surface area contributed by atoms with Crippen molar-refractivity contribution in [1.82, 2.24) is 19.6 Å². The standard InChI is InChI=1S/C25H26N4O3.C2HF3O2/c1-27-16-25(23-20(24(27)30)15-29(26-23)19-5-3-2-4-6-19)9-11-28(12-10-25)14-18-7-8-21-22(13-18)32-17-31-21;3-2(4,5)1(6)7/h2-8,13,15H,9-12,14,16-17H2,1H3;(H,6,7). The predicted molar refractivity (Wildman–Crippen MR) is 133 cm³/mol. The summed E-state index contributed by atoms with van der Waals surface area (Å²) in [6.07, 6.45) is -1.22. The van der Waals surface area contributed by atoms with E-state index in [9.17, 15) is 18.0 Å². The number of aliphatic carboxylic acids is 1. The lowest BCUT2D eigenvalue weighted by molar-refractivity contribution is -0.192. The maximum absolute atomic E-state index is 12.9. The van der Waals surface area contributed by atoms with Gasteiger partial charge in [-0.3, -0.25) is 9.69 Å². The fraction of sp³-hybridized carbons (Fsp3) is 0.370. The molecule has 1 fully saturated rings. The first kappa shape index (κ1) is 26.5. The molecular weight excluding hydrogens is 517 g/mol. The second kappa shape index (κ2) is 10.3. The van der Waals surface area contributed by atoms with Crippen molar-refractivity contribution in [3.05, 3.63) is 71.5 Å². The van der Waals surface area contributed by atoms with Gasteiger partial charge < -0.3 is 19.5 Å². The van der Waals surface area contributed by atoms with E-state index in [0.717, 1.165) is 67.5 Å². The predicted octanol–water partition coefficient (Wildman–Crippen LogP) is 3.85. The van der Waals surface area contributed by atoms with Gasteiger partial charge in [-0.1, -0.05) is 24.3 Å². The Bertz CT molecular complexity index is 1370. The van der Waals surface area contributed by atoms with E-state index in [-0.39, 0.29) is 11.3 Å². The van der Waals surface area contributed by atoms with Gasteiger partial charge in [0.1, 0.15) is 0 Å². The van der Waals surface area contributed by atoms with Crippen LogP contribution in [0.15, 0.2) is 54.7 Å². The molecule has 3 aliphatic heterocycles. The van der Waals surface area contributed by atoms with Crippen LogP contribution in [-0.4, -0.2) is 76.2 Å². The molecule has 1 spiro atoms. The number of piperidine rings is 1. The van der Waals surface area contributed by atoms with Crippen molar-refractivity contribution in [1.29, 1.82) is 0 Å². The zero-order valence-corrected chi connectivity index (χ0v) is 21.1. The molecule has 12 heteroatoms. The summed E-state index contributed by atoms with van der Waals surface area (Å²) >= 11 is 0. The number of nitrogens with zero attached hydrogens (tertiary/aromatic N) is 4. The maximum Gasteiger partial charge on any atom is 0.490 e. The van der Waals surface area contributed by atoms with Gasteiger partial charge in [0, 0.05) is 31.7 Å². The van der Waals surface area contributed by atoms with Crippen LogP contribution in [0.4, 0.5) is 13.2 Å². The first-order chi connectivity index (χ1) is 18.6. The largest absolute Gasteiger partial charge is 0.490 e. The Balaban J connectivity index is 0.000000392. The number of carboxylic acid groups (broad SMARTS) is 1. The quantitative estimate of drug-likeness (QED) is 0.535. The fourth-order valence-corrected chi connectivity index (χ4v) is 5.27. The normalized spacial score (nSPS) is 17.9. The Morgan fingerprint density at radius 3 is 2.41 bits per heavy atom. The van der Waals surface area contributed by atoms with E-state index in [1.165, 1.54) is 5.56 Å². The number of para-hydroxylation sites is 1. The number of ether oxygens (including phenoxy) is 2. The van der Waals surface area contributed by atoms with Crippen LogP contribution >= 0.6 is 0 Å². The molecule has 39 heavy (non-hydrogen) atoms. The molecule has 206 valence electrons. The molecule has 9 nitrogen and oxygen atoms in total. The van der Waals surface area contributed by atoms with Crippen LogP contribution in [0.1, 0.15) is 34.5 Å². The molecule has 1 amide bonds. The number of likely N-dealkylation sites (tertiary alicyclic amines) is 1. The van der Waals surface area contributed by atoms with Gasteiger partial charge in [-0.2, -0.15) is 18.3 Å². The Kier molecular flexibility index (Phi) is 6.98. The highest BCUT2D eigenvalue weighted by Crippen LogP contribution is 2.41. The summed E-state index contributed by atoms with van der Waals surface area (Å²) in [5.41, 5.74) is 3.82. The SMILES string of the molecule is CN1CC2(CCN(Cc3ccc4c(c3)OCO4)CC2)c2nn(-c3ccccc3)cc2C1=O.O=C(O)C(F)(F)F. The molecule has 0 bridgehead atoms. The molecule has 0 unspecified atom stereocenters. The van der Waals surface area contributed by atoms with Gasteiger partial charge in [0.25, 0.3) is 5.91 Å². The number of carbonyl (C=O) groups is 2. The zero-order valence-electron chi connectivity index (χ0n) is 21.1. The van der Waals surface area contributed by atoms with Gasteiger partial charge in [-0.15, -0.1) is 0 Å². The minimum Gasteiger partial charge on any atom is -0.475 e. The molecule has 6 rings (SSSR count). The molecule has 0 aliphatic carbocycles. The number of likely N-dealkylation sites (N-methyl/N-ethyl adjacent to an activating group) is 1. The first-order valence-corrected chi connectivity index (χ1v) is 12.4. The number of fused-ring (bicyclic) bond motifs is 3. The third-order valence-corrected chi connectivity index (χ3v) is 7.25. The van der Waals surface area contributed by atoms with Crippen molar-refractivity contribution in [2.24, 2.45) is 0 Å². The highest BCUT2D eigenvalue weighted by atomic mass is 19.4. The molecular formula is C27H27F3N4O5. The van der Waals surface area contributed by atoms with Gasteiger partial charge in [-0.05, 0) is 55.8 Å². The van der Waals surface area contributed by atoms with E-state index < -0.39 is 12.1 Å². The van der Waals surface area contributed by atoms with Crippen LogP contribution < -0.4 is 9.47 Å². The molecule has 0 saturated carbocycles. The van der Waals surface area contributed by atoms with Gasteiger partial charge in [0.15, 0.2) is 11.5 Å². The lowest BCUT2D eigenvalue weighted by Crippen LogP contribution is -2.53. The summed E-state index contributed by atoms with van der Waals surface area (Å²) in [6.45, 7) is 3.84. The molecule has 1 saturated heterocycles. The van der Waals surface area contributed by atoms with Crippen LogP contribution in [-0.2, 0) is 16.8 Å². The van der Waals surface area contributed by atoms with Crippen molar-refractivity contribution in [2.45, 2.75) is 31.0 Å². The summed E-state index contributed by atoms with van der Waals surface area (Å²) in [6, 6.07) is 16.2. The minimum atomic E-state index is -5.08. The number of aromatic nitrogens is 2. The topological polar surface area (TPSA) is 97.1 Å². The molecule has 3 aromatic rings. The van der Waals surface area contributed by atoms with E-state index in [2.05, 4.69) is 17.0 Å². The Morgan fingerprint density at radius 2 is 1.74 bits per heavy atom. The van der Waals surface area contributed by atoms with Crippen molar-refractivity contribution >= 4 is 11.9 Å². The summed E-state index contributed by atoms with van der Waals surface area (Å²) in [5, 5.41) is 12.1. The smallest absolute Gasteiger partial charge is 0.475 e. The van der Waals surface area contributed by atoms with Crippen molar-refractivity contribution < 1.29 is 37.3 Å². The summed E-state index contributed by atoms with van der Waals surface area (Å²) in [5.74, 6) is -1.04. The molecule has 4 heterocycles. The number of rotatable bonds is 3. The molecule has 1 N–H and O–H groups in total. The Morgan fingerprint density at radius 1 is 1.08 bits per heavy atom. The van der Waals surface area contributed by atoms with Crippen LogP contribution in [0.3, 0.4) is 0 Å². The van der Waals surface area contributed by atoms with E-state index in [1.54, 1.807) is 0 Å². The number of carboxylic acids is 1. The number of benzene rings is 2. The van der Waals surface area contributed by atoms with Crippen molar-refractivity contribution in [2.75, 3.05) is 33.5 Å². The number of hydrogen-bond acceptors (Lipinski definition) is 6. The first-order valence-electron chi connectivity index (χ1n) is 12.4. The summed E-state index contributed by atoms with van der Waals surface area (Å²) in [7, 11) is 1.91. The number of alkyl halides is 3. The van der Waals surface area contributed by atoms with Crippen LogP contribution in [0.5, 0.6) is 11.5 Å². The van der Waals surface area contributed by atoms with Crippen LogP contribution in [0, 0.1) is 0 Å². The third-order valence-electron chi connectivity index (χ3n) is 7.25. The molecule has 2 aromatic carbocycles. The third kappa shape index (κ3) is 5.42. The van der Waals surface area contributed by atoms with Crippen molar-refractivity contribution in [3.8, 4) is 17.2 Å². The van der Waals surface area contributed by atoms with E-state index >= 15 is 0 Å². The van der Waals surface area contributed by atoms with Gasteiger partial charge >= 0.3 is 12.1 Å². The van der Waals surface area contributed by atoms with Gasteiger partial charge in [-0.25, -0.2) is 9.48 Å². The molecule has 0 atom stereocenters. The maximum atomic E-state index is 12.9.